The van der Waals surface area contributed by atoms with Gasteiger partial charge >= 0.3 is 0 Å². The standard InChI is InChI=1S/C14H13BrN4O2/c15-12-7-13(18-14(17-12)10-4-5-10)16-8-9-2-1-3-11(6-9)19(20)21/h1-3,6-7,10H,4-5,8H2,(H,16,17,18). The van der Waals surface area contributed by atoms with E-state index in [0.717, 1.165) is 34.7 Å². The van der Waals surface area contributed by atoms with Crippen LogP contribution >= 0.6 is 15.9 Å². The fourth-order valence-corrected chi connectivity index (χ4v) is 2.42. The molecule has 21 heavy (non-hydrogen) atoms. The summed E-state index contributed by atoms with van der Waals surface area (Å²) < 4.78 is 0.751. The van der Waals surface area contributed by atoms with Crippen molar-refractivity contribution in [1.29, 1.82) is 0 Å². The number of hydrogen-bond donors (Lipinski definition) is 1. The number of nitro benzene ring substituents is 1. The molecule has 0 spiro atoms. The molecule has 0 atom stereocenters. The third-order valence-electron chi connectivity index (χ3n) is 3.25. The average molecular weight is 349 g/mol. The highest BCUT2D eigenvalue weighted by Gasteiger charge is 2.27. The molecule has 0 bridgehead atoms. The molecule has 0 amide bonds. The maximum absolute atomic E-state index is 10.8. The zero-order valence-electron chi connectivity index (χ0n) is 11.1. The van der Waals surface area contributed by atoms with Crippen molar-refractivity contribution in [3.63, 3.8) is 0 Å². The number of aromatic nitrogens is 2. The van der Waals surface area contributed by atoms with Crippen molar-refractivity contribution < 1.29 is 4.92 Å². The maximum atomic E-state index is 10.8. The van der Waals surface area contributed by atoms with Crippen LogP contribution in [0.5, 0.6) is 0 Å². The van der Waals surface area contributed by atoms with Gasteiger partial charge in [0.15, 0.2) is 0 Å². The van der Waals surface area contributed by atoms with Crippen LogP contribution in [0.25, 0.3) is 0 Å². The maximum Gasteiger partial charge on any atom is 0.269 e. The molecular weight excluding hydrogens is 336 g/mol. The monoisotopic (exact) mass is 348 g/mol. The molecule has 1 heterocycles. The number of halogens is 1. The molecule has 1 saturated carbocycles. The van der Waals surface area contributed by atoms with Gasteiger partial charge in [0.05, 0.1) is 4.92 Å². The van der Waals surface area contributed by atoms with Crippen molar-refractivity contribution in [2.45, 2.75) is 25.3 Å². The van der Waals surface area contributed by atoms with E-state index in [1.807, 2.05) is 12.1 Å². The summed E-state index contributed by atoms with van der Waals surface area (Å²) in [5, 5.41) is 13.9. The molecular formula is C14H13BrN4O2. The predicted molar refractivity (Wildman–Crippen MR) is 82.1 cm³/mol. The SMILES string of the molecule is O=[N+]([O-])c1cccc(CNc2cc(Br)nc(C3CC3)n2)c1. The fourth-order valence-electron chi connectivity index (χ4n) is 2.02. The van der Waals surface area contributed by atoms with Gasteiger partial charge in [0.2, 0.25) is 0 Å². The number of rotatable bonds is 5. The Balaban J connectivity index is 1.72. The van der Waals surface area contributed by atoms with Crippen molar-refractivity contribution in [3.8, 4) is 0 Å². The predicted octanol–water partition coefficient (Wildman–Crippen LogP) is 3.64. The Hall–Kier alpha value is -2.02. The lowest BCUT2D eigenvalue weighted by atomic mass is 10.2. The third-order valence-corrected chi connectivity index (χ3v) is 3.66. The molecule has 0 saturated heterocycles. The molecule has 1 aromatic carbocycles. The smallest absolute Gasteiger partial charge is 0.269 e. The lowest BCUT2D eigenvalue weighted by molar-refractivity contribution is -0.384. The van der Waals surface area contributed by atoms with E-state index in [1.54, 1.807) is 12.1 Å². The fraction of sp³-hybridized carbons (Fsp3) is 0.286. The first-order valence-corrected chi connectivity index (χ1v) is 7.43. The van der Waals surface area contributed by atoms with Crippen LogP contribution in [0, 0.1) is 10.1 Å². The molecule has 2 aromatic rings. The summed E-state index contributed by atoms with van der Waals surface area (Å²) in [5.41, 5.74) is 0.934. The van der Waals surface area contributed by atoms with Gasteiger partial charge in [0.1, 0.15) is 16.2 Å². The molecule has 1 aromatic heterocycles. The van der Waals surface area contributed by atoms with Gasteiger partial charge in [-0.3, -0.25) is 10.1 Å². The summed E-state index contributed by atoms with van der Waals surface area (Å²) in [6.45, 7) is 0.481. The quantitative estimate of drug-likeness (QED) is 0.506. The number of nitrogens with zero attached hydrogens (tertiary/aromatic N) is 3. The Morgan fingerprint density at radius 1 is 1.33 bits per heavy atom. The van der Waals surface area contributed by atoms with Crippen molar-refractivity contribution in [1.82, 2.24) is 9.97 Å². The molecule has 1 fully saturated rings. The third kappa shape index (κ3) is 3.55. The summed E-state index contributed by atoms with van der Waals surface area (Å²) in [6.07, 6.45) is 2.28. The minimum atomic E-state index is -0.393. The number of benzene rings is 1. The number of hydrogen-bond acceptors (Lipinski definition) is 5. The van der Waals surface area contributed by atoms with Gasteiger partial charge < -0.3 is 5.32 Å². The molecule has 0 radical (unpaired) electrons. The van der Waals surface area contributed by atoms with E-state index >= 15 is 0 Å². The second-order valence-electron chi connectivity index (χ2n) is 4.99. The Labute approximate surface area is 129 Å². The van der Waals surface area contributed by atoms with E-state index < -0.39 is 4.92 Å². The van der Waals surface area contributed by atoms with Gasteiger partial charge in [-0.2, -0.15) is 0 Å². The largest absolute Gasteiger partial charge is 0.366 e. The Morgan fingerprint density at radius 2 is 2.14 bits per heavy atom. The lowest BCUT2D eigenvalue weighted by Gasteiger charge is -2.08. The summed E-state index contributed by atoms with van der Waals surface area (Å²) >= 11 is 3.39. The van der Waals surface area contributed by atoms with Gasteiger partial charge in [-0.25, -0.2) is 9.97 Å². The van der Waals surface area contributed by atoms with Crippen molar-refractivity contribution in [3.05, 3.63) is 56.4 Å². The normalized spacial score (nSPS) is 14.0. The van der Waals surface area contributed by atoms with Crippen LogP contribution in [0.1, 0.15) is 30.1 Å². The summed E-state index contributed by atoms with van der Waals surface area (Å²) in [6, 6.07) is 8.38. The Kier molecular flexibility index (Phi) is 3.83. The van der Waals surface area contributed by atoms with Crippen LogP contribution in [-0.2, 0) is 6.54 Å². The average Bonchev–Trinajstić information content (AvgIpc) is 3.29. The summed E-state index contributed by atoms with van der Waals surface area (Å²) in [5.74, 6) is 2.05. The first-order valence-electron chi connectivity index (χ1n) is 6.63. The van der Waals surface area contributed by atoms with Gasteiger partial charge in [0.25, 0.3) is 5.69 Å². The van der Waals surface area contributed by atoms with E-state index in [2.05, 4.69) is 31.2 Å². The van der Waals surface area contributed by atoms with Crippen LogP contribution in [0.4, 0.5) is 11.5 Å². The highest BCUT2D eigenvalue weighted by Crippen LogP contribution is 2.38. The van der Waals surface area contributed by atoms with Crippen LogP contribution in [0.15, 0.2) is 34.9 Å². The van der Waals surface area contributed by atoms with E-state index in [-0.39, 0.29) is 5.69 Å². The van der Waals surface area contributed by atoms with Crippen LogP contribution in [0.2, 0.25) is 0 Å². The van der Waals surface area contributed by atoms with Crippen LogP contribution < -0.4 is 5.32 Å². The molecule has 3 rings (SSSR count). The first-order chi connectivity index (χ1) is 10.1. The molecule has 0 unspecified atom stereocenters. The summed E-state index contributed by atoms with van der Waals surface area (Å²) in [7, 11) is 0. The molecule has 0 aliphatic heterocycles. The molecule has 6 nitrogen and oxygen atoms in total. The highest BCUT2D eigenvalue weighted by molar-refractivity contribution is 9.10. The first kappa shape index (κ1) is 13.9. The van der Waals surface area contributed by atoms with Crippen LogP contribution in [-0.4, -0.2) is 14.9 Å². The second-order valence-corrected chi connectivity index (χ2v) is 5.80. The number of anilines is 1. The van der Waals surface area contributed by atoms with E-state index in [9.17, 15) is 10.1 Å². The number of nitrogens with one attached hydrogen (secondary N) is 1. The Morgan fingerprint density at radius 3 is 2.86 bits per heavy atom. The van der Waals surface area contributed by atoms with Crippen molar-refractivity contribution in [2.24, 2.45) is 0 Å². The summed E-state index contributed by atoms with van der Waals surface area (Å²) in [4.78, 5) is 19.2. The second kappa shape index (κ2) is 5.77. The molecule has 1 N–H and O–H groups in total. The van der Waals surface area contributed by atoms with E-state index in [4.69, 9.17) is 0 Å². The molecule has 7 heteroatoms. The zero-order valence-corrected chi connectivity index (χ0v) is 12.7. The van der Waals surface area contributed by atoms with Crippen molar-refractivity contribution in [2.75, 3.05) is 5.32 Å². The number of non-ortho nitro benzene ring substituents is 1. The highest BCUT2D eigenvalue weighted by atomic mass is 79.9. The molecule has 1 aliphatic rings. The van der Waals surface area contributed by atoms with Gasteiger partial charge in [-0.1, -0.05) is 12.1 Å². The van der Waals surface area contributed by atoms with E-state index in [1.165, 1.54) is 6.07 Å². The van der Waals surface area contributed by atoms with Gasteiger partial charge in [-0.05, 0) is 34.3 Å². The lowest BCUT2D eigenvalue weighted by Crippen LogP contribution is -2.04. The van der Waals surface area contributed by atoms with Gasteiger partial charge in [-0.15, -0.1) is 0 Å². The van der Waals surface area contributed by atoms with Crippen LogP contribution in [0.3, 0.4) is 0 Å². The van der Waals surface area contributed by atoms with E-state index in [0.29, 0.717) is 12.5 Å². The minimum absolute atomic E-state index is 0.0943. The minimum Gasteiger partial charge on any atom is -0.366 e. The molecule has 108 valence electrons. The zero-order chi connectivity index (χ0) is 14.8. The topological polar surface area (TPSA) is 81.0 Å². The number of nitro groups is 1. The Bertz CT molecular complexity index is 688. The van der Waals surface area contributed by atoms with Crippen molar-refractivity contribution >= 4 is 27.4 Å². The molecule has 1 aliphatic carbocycles. The van der Waals surface area contributed by atoms with Gasteiger partial charge in [0, 0.05) is 30.7 Å².